The number of hydrogen-bond acceptors (Lipinski definition) is 5. The third-order valence-electron chi connectivity index (χ3n) is 4.15. The molecule has 0 radical (unpaired) electrons. The number of likely N-dealkylation sites (tertiary alicyclic amines) is 1. The maximum Gasteiger partial charge on any atom is 0.269 e. The van der Waals surface area contributed by atoms with Crippen molar-refractivity contribution in [2.24, 2.45) is 0 Å². The fraction of sp³-hybridized carbons (Fsp3) is 0.600. The molecule has 2 N–H and O–H groups in total. The monoisotopic (exact) mass is 293 g/mol. The van der Waals surface area contributed by atoms with Crippen molar-refractivity contribution in [3.8, 4) is 0 Å². The van der Waals surface area contributed by atoms with Crippen LogP contribution in [0.3, 0.4) is 0 Å². The molecule has 1 saturated heterocycles. The van der Waals surface area contributed by atoms with Crippen LogP contribution in [-0.4, -0.2) is 41.2 Å². The van der Waals surface area contributed by atoms with Crippen molar-refractivity contribution in [1.29, 1.82) is 0 Å². The van der Waals surface area contributed by atoms with Crippen LogP contribution in [0.5, 0.6) is 0 Å². The number of nitrogens with one attached hydrogen (secondary N) is 1. The van der Waals surface area contributed by atoms with Crippen molar-refractivity contribution < 1.29 is 10.0 Å². The van der Waals surface area contributed by atoms with E-state index in [0.717, 1.165) is 37.1 Å². The van der Waals surface area contributed by atoms with Gasteiger partial charge in [0.05, 0.1) is 4.92 Å². The minimum atomic E-state index is -0.357. The second-order valence-corrected chi connectivity index (χ2v) is 5.48. The first kappa shape index (κ1) is 15.7. The Kier molecular flexibility index (Phi) is 5.52. The quantitative estimate of drug-likeness (QED) is 0.622. The van der Waals surface area contributed by atoms with Gasteiger partial charge in [0, 0.05) is 44.1 Å². The molecule has 1 atom stereocenters. The zero-order chi connectivity index (χ0) is 15.2. The van der Waals surface area contributed by atoms with Crippen molar-refractivity contribution >= 4 is 11.4 Å². The summed E-state index contributed by atoms with van der Waals surface area (Å²) < 4.78 is 0. The average Bonchev–Trinajstić information content (AvgIpc) is 2.49. The lowest BCUT2D eigenvalue weighted by molar-refractivity contribution is -0.384. The highest BCUT2D eigenvalue weighted by molar-refractivity contribution is 5.55. The first-order valence-corrected chi connectivity index (χ1v) is 7.45. The van der Waals surface area contributed by atoms with Gasteiger partial charge in [-0.15, -0.1) is 0 Å². The molecule has 0 bridgehead atoms. The van der Waals surface area contributed by atoms with Crippen LogP contribution in [0.15, 0.2) is 18.2 Å². The van der Waals surface area contributed by atoms with Gasteiger partial charge in [-0.3, -0.25) is 15.0 Å². The van der Waals surface area contributed by atoms with Crippen molar-refractivity contribution in [3.05, 3.63) is 33.9 Å². The topological polar surface area (TPSA) is 78.6 Å². The molecule has 0 saturated carbocycles. The lowest BCUT2D eigenvalue weighted by Gasteiger charge is -2.35. The first-order chi connectivity index (χ1) is 10.2. The average molecular weight is 293 g/mol. The predicted octanol–water partition coefficient (Wildman–Crippen LogP) is 2.37. The second-order valence-electron chi connectivity index (χ2n) is 5.48. The summed E-state index contributed by atoms with van der Waals surface area (Å²) in [6, 6.07) is 5.30. The fourth-order valence-corrected chi connectivity index (χ4v) is 3.03. The van der Waals surface area contributed by atoms with Gasteiger partial charge >= 0.3 is 0 Å². The molecular formula is C15H23N3O3. The summed E-state index contributed by atoms with van der Waals surface area (Å²) in [6.45, 7) is 1.86. The second kappa shape index (κ2) is 7.38. The maximum atomic E-state index is 11.0. The van der Waals surface area contributed by atoms with E-state index >= 15 is 0 Å². The van der Waals surface area contributed by atoms with Crippen LogP contribution in [0, 0.1) is 10.1 Å². The van der Waals surface area contributed by atoms with E-state index in [0.29, 0.717) is 12.6 Å². The molecule has 2 rings (SSSR count). The first-order valence-electron chi connectivity index (χ1n) is 7.45. The molecule has 0 aromatic heterocycles. The number of benzene rings is 1. The van der Waals surface area contributed by atoms with Gasteiger partial charge in [0.25, 0.3) is 5.69 Å². The number of aliphatic hydroxyl groups is 1. The lowest BCUT2D eigenvalue weighted by Crippen LogP contribution is -2.39. The van der Waals surface area contributed by atoms with Crippen LogP contribution in [0.2, 0.25) is 0 Å². The maximum absolute atomic E-state index is 11.0. The molecule has 1 heterocycles. The van der Waals surface area contributed by atoms with Crippen LogP contribution in [0.1, 0.15) is 31.2 Å². The minimum Gasteiger partial charge on any atom is -0.396 e. The molecule has 0 aliphatic carbocycles. The van der Waals surface area contributed by atoms with Crippen LogP contribution in [-0.2, 0) is 6.54 Å². The SMILES string of the molecule is CNc1ccc([N+](=O)[O-])cc1CN1CCCCC1CCO. The van der Waals surface area contributed by atoms with Gasteiger partial charge in [-0.1, -0.05) is 6.42 Å². The molecule has 1 unspecified atom stereocenters. The molecule has 1 aromatic rings. The van der Waals surface area contributed by atoms with Crippen LogP contribution in [0.25, 0.3) is 0 Å². The smallest absolute Gasteiger partial charge is 0.269 e. The summed E-state index contributed by atoms with van der Waals surface area (Å²) in [5, 5.41) is 23.2. The lowest BCUT2D eigenvalue weighted by atomic mass is 9.98. The molecule has 6 heteroatoms. The number of nitro groups is 1. The third-order valence-corrected chi connectivity index (χ3v) is 4.15. The zero-order valence-corrected chi connectivity index (χ0v) is 12.4. The number of hydrogen-bond donors (Lipinski definition) is 2. The van der Waals surface area contributed by atoms with E-state index in [-0.39, 0.29) is 17.2 Å². The van der Waals surface area contributed by atoms with E-state index in [1.165, 1.54) is 12.5 Å². The minimum absolute atomic E-state index is 0.125. The Morgan fingerprint density at radius 3 is 2.95 bits per heavy atom. The number of anilines is 1. The summed E-state index contributed by atoms with van der Waals surface area (Å²) in [5.41, 5.74) is 1.99. The Morgan fingerprint density at radius 1 is 1.48 bits per heavy atom. The van der Waals surface area contributed by atoms with Gasteiger partial charge in [0.15, 0.2) is 0 Å². The molecule has 1 fully saturated rings. The molecule has 116 valence electrons. The summed E-state index contributed by atoms with van der Waals surface area (Å²) in [7, 11) is 1.83. The van der Waals surface area contributed by atoms with Crippen molar-refractivity contribution in [1.82, 2.24) is 4.90 Å². The third kappa shape index (κ3) is 3.92. The molecule has 0 spiro atoms. The van der Waals surface area contributed by atoms with Gasteiger partial charge in [-0.25, -0.2) is 0 Å². The molecule has 0 amide bonds. The van der Waals surface area contributed by atoms with Gasteiger partial charge in [-0.05, 0) is 37.4 Å². The summed E-state index contributed by atoms with van der Waals surface area (Å²) in [6.07, 6.45) is 4.19. The molecule has 1 aliphatic heterocycles. The van der Waals surface area contributed by atoms with Gasteiger partial charge in [-0.2, -0.15) is 0 Å². The summed E-state index contributed by atoms with van der Waals surface area (Å²) >= 11 is 0. The zero-order valence-electron chi connectivity index (χ0n) is 12.4. The number of non-ortho nitro benzene ring substituents is 1. The predicted molar refractivity (Wildman–Crippen MR) is 82.4 cm³/mol. The number of aliphatic hydroxyl groups excluding tert-OH is 1. The highest BCUT2D eigenvalue weighted by atomic mass is 16.6. The van der Waals surface area contributed by atoms with Gasteiger partial charge in [0.2, 0.25) is 0 Å². The Balaban J connectivity index is 2.19. The Hall–Kier alpha value is -1.66. The van der Waals surface area contributed by atoms with E-state index < -0.39 is 0 Å². The van der Waals surface area contributed by atoms with Crippen LogP contribution in [0.4, 0.5) is 11.4 Å². The molecule has 1 aromatic carbocycles. The van der Waals surface area contributed by atoms with Gasteiger partial charge < -0.3 is 10.4 Å². The van der Waals surface area contributed by atoms with Gasteiger partial charge in [0.1, 0.15) is 0 Å². The van der Waals surface area contributed by atoms with E-state index in [9.17, 15) is 15.2 Å². The van der Waals surface area contributed by atoms with Crippen LogP contribution < -0.4 is 5.32 Å². The number of piperidine rings is 1. The molecule has 1 aliphatic rings. The standard InChI is InChI=1S/C15H23N3O3/c1-16-15-6-5-14(18(20)21)10-12(15)11-17-8-3-2-4-13(17)7-9-19/h5-6,10,13,16,19H,2-4,7-9,11H2,1H3. The highest BCUT2D eigenvalue weighted by Gasteiger charge is 2.23. The number of nitro benzene ring substituents is 1. The number of nitrogens with zero attached hydrogens (tertiary/aromatic N) is 2. The Morgan fingerprint density at radius 2 is 2.29 bits per heavy atom. The van der Waals surface area contributed by atoms with Crippen molar-refractivity contribution in [3.63, 3.8) is 0 Å². The van der Waals surface area contributed by atoms with Crippen molar-refractivity contribution in [2.45, 2.75) is 38.3 Å². The van der Waals surface area contributed by atoms with E-state index in [4.69, 9.17) is 0 Å². The molecule has 21 heavy (non-hydrogen) atoms. The Bertz CT molecular complexity index is 491. The normalized spacial score (nSPS) is 19.4. The summed E-state index contributed by atoms with van der Waals surface area (Å²) in [5.74, 6) is 0. The summed E-state index contributed by atoms with van der Waals surface area (Å²) in [4.78, 5) is 12.9. The fourth-order valence-electron chi connectivity index (χ4n) is 3.03. The van der Waals surface area contributed by atoms with Crippen LogP contribution >= 0.6 is 0 Å². The van der Waals surface area contributed by atoms with E-state index in [1.54, 1.807) is 12.1 Å². The van der Waals surface area contributed by atoms with E-state index in [2.05, 4.69) is 10.2 Å². The number of rotatable bonds is 6. The van der Waals surface area contributed by atoms with Crippen molar-refractivity contribution in [2.75, 3.05) is 25.5 Å². The molecular weight excluding hydrogens is 270 g/mol. The Labute approximate surface area is 124 Å². The molecule has 6 nitrogen and oxygen atoms in total. The highest BCUT2D eigenvalue weighted by Crippen LogP contribution is 2.27. The van der Waals surface area contributed by atoms with E-state index in [1.807, 2.05) is 7.05 Å². The largest absolute Gasteiger partial charge is 0.396 e.